The Labute approximate surface area is 203 Å². The number of methoxy groups -OCH3 is 1. The van der Waals surface area contributed by atoms with Crippen LogP contribution >= 0.6 is 23.2 Å². The van der Waals surface area contributed by atoms with Crippen molar-refractivity contribution < 1.29 is 18.7 Å². The van der Waals surface area contributed by atoms with Gasteiger partial charge in [-0.05, 0) is 42.8 Å². The molecule has 0 saturated heterocycles. The van der Waals surface area contributed by atoms with Crippen LogP contribution in [0.3, 0.4) is 0 Å². The number of hydrogen-bond acceptors (Lipinski definition) is 4. The lowest BCUT2D eigenvalue weighted by molar-refractivity contribution is -0.133. The Hall–Kier alpha value is -2.80. The molecule has 0 fully saturated rings. The van der Waals surface area contributed by atoms with E-state index in [9.17, 15) is 9.59 Å². The third-order valence-electron chi connectivity index (χ3n) is 5.00. The number of rotatable bonds is 10. The molecule has 1 aromatic heterocycles. The van der Waals surface area contributed by atoms with Gasteiger partial charge in [0.1, 0.15) is 18.1 Å². The molecule has 33 heavy (non-hydrogen) atoms. The highest BCUT2D eigenvalue weighted by Gasteiger charge is 2.24. The Morgan fingerprint density at radius 1 is 0.939 bits per heavy atom. The van der Waals surface area contributed by atoms with Gasteiger partial charge in [-0.1, -0.05) is 53.5 Å². The molecule has 174 valence electrons. The first-order valence-electron chi connectivity index (χ1n) is 10.5. The van der Waals surface area contributed by atoms with Crippen LogP contribution in [0, 0.1) is 6.92 Å². The summed E-state index contributed by atoms with van der Waals surface area (Å²) in [6.07, 6.45) is 0. The fraction of sp³-hybridized carbons (Fsp3) is 0.280. The third kappa shape index (κ3) is 7.35. The van der Waals surface area contributed by atoms with E-state index >= 15 is 0 Å². The molecule has 0 unspecified atom stereocenters. The van der Waals surface area contributed by atoms with E-state index in [1.807, 2.05) is 49.4 Å². The van der Waals surface area contributed by atoms with E-state index in [0.717, 1.165) is 11.3 Å². The number of aryl methyl sites for hydroxylation is 1. The zero-order chi connectivity index (χ0) is 23.8. The molecule has 6 nitrogen and oxygen atoms in total. The van der Waals surface area contributed by atoms with Crippen molar-refractivity contribution in [3.63, 3.8) is 0 Å². The van der Waals surface area contributed by atoms with Crippen LogP contribution in [0.2, 0.25) is 10.0 Å². The second kappa shape index (κ2) is 11.9. The fourth-order valence-electron chi connectivity index (χ4n) is 3.37. The molecule has 0 spiro atoms. The number of furan rings is 1. The summed E-state index contributed by atoms with van der Waals surface area (Å²) in [5.41, 5.74) is 1.29. The number of carbonyl (C=O) groups is 2. The number of nitrogens with zero attached hydrogens (tertiary/aromatic N) is 2. The van der Waals surface area contributed by atoms with E-state index in [1.165, 1.54) is 17.0 Å². The van der Waals surface area contributed by atoms with Crippen LogP contribution in [0.5, 0.6) is 0 Å². The lowest BCUT2D eigenvalue weighted by atomic mass is 10.2. The lowest BCUT2D eigenvalue weighted by Crippen LogP contribution is -2.43. The maximum Gasteiger partial charge on any atom is 0.254 e. The van der Waals surface area contributed by atoms with Crippen LogP contribution in [0.4, 0.5) is 0 Å². The van der Waals surface area contributed by atoms with Gasteiger partial charge in [0.05, 0.1) is 13.2 Å². The van der Waals surface area contributed by atoms with Gasteiger partial charge < -0.3 is 19.0 Å². The highest BCUT2D eigenvalue weighted by atomic mass is 35.5. The minimum atomic E-state index is -0.349. The Morgan fingerprint density at radius 3 is 2.24 bits per heavy atom. The second-order valence-electron chi connectivity index (χ2n) is 7.63. The number of benzene rings is 2. The van der Waals surface area contributed by atoms with E-state index in [-0.39, 0.29) is 38.1 Å². The van der Waals surface area contributed by atoms with Gasteiger partial charge in [-0.15, -0.1) is 0 Å². The fourth-order valence-corrected chi connectivity index (χ4v) is 3.90. The third-order valence-corrected chi connectivity index (χ3v) is 5.44. The van der Waals surface area contributed by atoms with Crippen molar-refractivity contribution in [2.24, 2.45) is 0 Å². The smallest absolute Gasteiger partial charge is 0.254 e. The van der Waals surface area contributed by atoms with Crippen molar-refractivity contribution in [1.82, 2.24) is 9.80 Å². The van der Waals surface area contributed by atoms with Gasteiger partial charge in [0.2, 0.25) is 5.91 Å². The minimum absolute atomic E-state index is 0.126. The molecule has 3 aromatic rings. The largest absolute Gasteiger partial charge is 0.464 e. The predicted octanol–water partition coefficient (Wildman–Crippen LogP) is 5.21. The molecule has 0 aliphatic heterocycles. The van der Waals surface area contributed by atoms with Crippen molar-refractivity contribution in [1.29, 1.82) is 0 Å². The number of ether oxygens (including phenoxy) is 1. The molecular formula is C25H26Cl2N2O4. The summed E-state index contributed by atoms with van der Waals surface area (Å²) in [5, 5.41) is 0.700. The standard InChI is InChI=1S/C25H26Cl2N2O4/c1-18-8-9-23(33-18)16-29(15-19-6-4-3-5-7-19)24(30)17-28(10-11-32-2)25(31)20-12-21(26)14-22(27)13-20/h3-9,12-14H,10-11,15-17H2,1-2H3. The van der Waals surface area contributed by atoms with Gasteiger partial charge in [0, 0.05) is 35.8 Å². The van der Waals surface area contributed by atoms with Crippen LogP contribution in [0.1, 0.15) is 27.4 Å². The first-order valence-corrected chi connectivity index (χ1v) is 11.2. The number of carbonyl (C=O) groups excluding carboxylic acids is 2. The first kappa shape index (κ1) is 24.8. The molecule has 1 heterocycles. The summed E-state index contributed by atoms with van der Waals surface area (Å²) in [4.78, 5) is 29.7. The minimum Gasteiger partial charge on any atom is -0.464 e. The molecule has 3 rings (SSSR count). The van der Waals surface area contributed by atoms with E-state index in [0.29, 0.717) is 27.9 Å². The Bertz CT molecular complexity index is 1060. The first-order chi connectivity index (χ1) is 15.9. The quantitative estimate of drug-likeness (QED) is 0.392. The highest BCUT2D eigenvalue weighted by molar-refractivity contribution is 6.35. The number of halogens is 2. The molecule has 0 bridgehead atoms. The number of amides is 2. The highest BCUT2D eigenvalue weighted by Crippen LogP contribution is 2.21. The zero-order valence-corrected chi connectivity index (χ0v) is 20.1. The summed E-state index contributed by atoms with van der Waals surface area (Å²) in [6.45, 7) is 2.92. The molecule has 0 aliphatic carbocycles. The summed E-state index contributed by atoms with van der Waals surface area (Å²) in [7, 11) is 1.54. The van der Waals surface area contributed by atoms with Crippen molar-refractivity contribution >= 4 is 35.0 Å². The maximum absolute atomic E-state index is 13.4. The molecule has 8 heteroatoms. The summed E-state index contributed by atoms with van der Waals surface area (Å²) in [6, 6.07) is 18.0. The molecule has 0 saturated carbocycles. The molecule has 2 aromatic carbocycles. The average molecular weight is 489 g/mol. The van der Waals surface area contributed by atoms with Gasteiger partial charge in [0.15, 0.2) is 0 Å². The molecule has 0 aliphatic rings. The van der Waals surface area contributed by atoms with E-state index in [4.69, 9.17) is 32.4 Å². The molecular weight excluding hydrogens is 463 g/mol. The van der Waals surface area contributed by atoms with E-state index in [1.54, 1.807) is 18.1 Å². The van der Waals surface area contributed by atoms with Crippen molar-refractivity contribution in [2.45, 2.75) is 20.0 Å². The van der Waals surface area contributed by atoms with Crippen LogP contribution in [0.15, 0.2) is 65.1 Å². The van der Waals surface area contributed by atoms with Gasteiger partial charge in [-0.2, -0.15) is 0 Å². The van der Waals surface area contributed by atoms with Crippen LogP contribution in [-0.4, -0.2) is 48.4 Å². The topological polar surface area (TPSA) is 63.0 Å². The van der Waals surface area contributed by atoms with E-state index < -0.39 is 0 Å². The lowest BCUT2D eigenvalue weighted by Gasteiger charge is -2.27. The normalized spacial score (nSPS) is 10.8. The summed E-state index contributed by atoms with van der Waals surface area (Å²) < 4.78 is 10.8. The monoisotopic (exact) mass is 488 g/mol. The Morgan fingerprint density at radius 2 is 1.64 bits per heavy atom. The molecule has 0 radical (unpaired) electrons. The van der Waals surface area contributed by atoms with Crippen LogP contribution in [0.25, 0.3) is 0 Å². The van der Waals surface area contributed by atoms with Crippen molar-refractivity contribution in [3.8, 4) is 0 Å². The van der Waals surface area contributed by atoms with E-state index in [2.05, 4.69) is 0 Å². The zero-order valence-electron chi connectivity index (χ0n) is 18.6. The Kier molecular flexibility index (Phi) is 8.95. The predicted molar refractivity (Wildman–Crippen MR) is 128 cm³/mol. The maximum atomic E-state index is 13.4. The Balaban J connectivity index is 1.82. The molecule has 0 N–H and O–H groups in total. The van der Waals surface area contributed by atoms with Gasteiger partial charge >= 0.3 is 0 Å². The van der Waals surface area contributed by atoms with Crippen LogP contribution < -0.4 is 0 Å². The van der Waals surface area contributed by atoms with Gasteiger partial charge in [-0.25, -0.2) is 0 Å². The van der Waals surface area contributed by atoms with Crippen LogP contribution in [-0.2, 0) is 22.6 Å². The number of hydrogen-bond donors (Lipinski definition) is 0. The molecule has 2 amide bonds. The van der Waals surface area contributed by atoms with Gasteiger partial charge in [-0.3, -0.25) is 9.59 Å². The second-order valence-corrected chi connectivity index (χ2v) is 8.50. The SMILES string of the molecule is COCCN(CC(=O)N(Cc1ccccc1)Cc1ccc(C)o1)C(=O)c1cc(Cl)cc(Cl)c1. The summed E-state index contributed by atoms with van der Waals surface area (Å²) >= 11 is 12.2. The average Bonchev–Trinajstić information content (AvgIpc) is 3.20. The van der Waals surface area contributed by atoms with Gasteiger partial charge in [0.25, 0.3) is 5.91 Å². The summed E-state index contributed by atoms with van der Waals surface area (Å²) in [5.74, 6) is 0.879. The van der Waals surface area contributed by atoms with Crippen molar-refractivity contribution in [3.05, 3.63) is 93.4 Å². The van der Waals surface area contributed by atoms with Crippen molar-refractivity contribution in [2.75, 3.05) is 26.8 Å². The molecule has 0 atom stereocenters.